The van der Waals surface area contributed by atoms with Gasteiger partial charge in [0.05, 0.1) is 0 Å². The molecule has 0 unspecified atom stereocenters. The first-order valence-electron chi connectivity index (χ1n) is 6.52. The summed E-state index contributed by atoms with van der Waals surface area (Å²) in [4.78, 5) is 12.5. The standard InChI is InChI=1S/C17H17IO/c1-3-5-13-8-10-14(11-9-13)17(19)15-7-4-6-12(2)16(15)18/h4,6-11H,3,5H2,1-2H3. The van der Waals surface area contributed by atoms with Crippen molar-refractivity contribution in [3.8, 4) is 0 Å². The van der Waals surface area contributed by atoms with E-state index in [0.717, 1.165) is 33.1 Å². The van der Waals surface area contributed by atoms with Crippen LogP contribution in [0.15, 0.2) is 42.5 Å². The van der Waals surface area contributed by atoms with Gasteiger partial charge in [-0.3, -0.25) is 4.79 Å². The summed E-state index contributed by atoms with van der Waals surface area (Å²) < 4.78 is 1.04. The predicted molar refractivity (Wildman–Crippen MR) is 87.8 cm³/mol. The van der Waals surface area contributed by atoms with Gasteiger partial charge in [-0.25, -0.2) is 0 Å². The molecule has 0 radical (unpaired) electrons. The minimum absolute atomic E-state index is 0.108. The van der Waals surface area contributed by atoms with Gasteiger partial charge in [-0.2, -0.15) is 0 Å². The van der Waals surface area contributed by atoms with Gasteiger partial charge in [0.2, 0.25) is 0 Å². The van der Waals surface area contributed by atoms with Crippen LogP contribution in [0.25, 0.3) is 0 Å². The summed E-state index contributed by atoms with van der Waals surface area (Å²) >= 11 is 2.25. The zero-order chi connectivity index (χ0) is 13.8. The van der Waals surface area contributed by atoms with Crippen LogP contribution in [-0.2, 0) is 6.42 Å². The van der Waals surface area contributed by atoms with Crippen LogP contribution in [0.5, 0.6) is 0 Å². The summed E-state index contributed by atoms with van der Waals surface area (Å²) in [5, 5.41) is 0. The minimum Gasteiger partial charge on any atom is -0.289 e. The maximum absolute atomic E-state index is 12.5. The van der Waals surface area contributed by atoms with Crippen LogP contribution >= 0.6 is 22.6 Å². The average molecular weight is 364 g/mol. The Kier molecular flexibility index (Phi) is 4.75. The molecule has 0 spiro atoms. The highest BCUT2D eigenvalue weighted by molar-refractivity contribution is 14.1. The third kappa shape index (κ3) is 3.24. The molecule has 0 saturated heterocycles. The molecule has 0 aliphatic heterocycles. The van der Waals surface area contributed by atoms with Crippen molar-refractivity contribution in [3.63, 3.8) is 0 Å². The van der Waals surface area contributed by atoms with Gasteiger partial charge in [-0.1, -0.05) is 49.7 Å². The molecule has 2 aromatic carbocycles. The summed E-state index contributed by atoms with van der Waals surface area (Å²) in [5.41, 5.74) is 4.00. The van der Waals surface area contributed by atoms with Gasteiger partial charge in [-0.05, 0) is 53.1 Å². The van der Waals surface area contributed by atoms with Crippen molar-refractivity contribution in [3.05, 3.63) is 68.3 Å². The van der Waals surface area contributed by atoms with Gasteiger partial charge in [0.15, 0.2) is 5.78 Å². The Balaban J connectivity index is 2.31. The van der Waals surface area contributed by atoms with Gasteiger partial charge < -0.3 is 0 Å². The fourth-order valence-electron chi connectivity index (χ4n) is 2.09. The van der Waals surface area contributed by atoms with E-state index in [9.17, 15) is 4.79 Å². The van der Waals surface area contributed by atoms with Crippen LogP contribution in [0.1, 0.15) is 40.4 Å². The van der Waals surface area contributed by atoms with Crippen molar-refractivity contribution in [2.24, 2.45) is 0 Å². The number of halogens is 1. The second-order valence-corrected chi connectivity index (χ2v) is 5.79. The van der Waals surface area contributed by atoms with Gasteiger partial charge in [0, 0.05) is 14.7 Å². The first kappa shape index (κ1) is 14.3. The van der Waals surface area contributed by atoms with Crippen molar-refractivity contribution in [1.82, 2.24) is 0 Å². The number of hydrogen-bond acceptors (Lipinski definition) is 1. The molecule has 19 heavy (non-hydrogen) atoms. The lowest BCUT2D eigenvalue weighted by Gasteiger charge is -2.07. The molecule has 0 bridgehead atoms. The van der Waals surface area contributed by atoms with Crippen molar-refractivity contribution in [2.45, 2.75) is 26.7 Å². The van der Waals surface area contributed by atoms with E-state index in [1.54, 1.807) is 0 Å². The third-order valence-corrected chi connectivity index (χ3v) is 4.62. The molecule has 0 aliphatic rings. The zero-order valence-corrected chi connectivity index (χ0v) is 13.4. The summed E-state index contributed by atoms with van der Waals surface area (Å²) in [5.74, 6) is 0.108. The van der Waals surface area contributed by atoms with Crippen LogP contribution in [-0.4, -0.2) is 5.78 Å². The molecule has 1 nitrogen and oxygen atoms in total. The summed E-state index contributed by atoms with van der Waals surface area (Å²) in [6.45, 7) is 4.19. The normalized spacial score (nSPS) is 10.5. The number of hydrogen-bond donors (Lipinski definition) is 0. The Hall–Kier alpha value is -1.16. The van der Waals surface area contributed by atoms with Crippen LogP contribution in [0, 0.1) is 10.5 Å². The highest BCUT2D eigenvalue weighted by Gasteiger charge is 2.13. The number of ketones is 1. The van der Waals surface area contributed by atoms with Gasteiger partial charge in [0.25, 0.3) is 0 Å². The van der Waals surface area contributed by atoms with Crippen molar-refractivity contribution in [1.29, 1.82) is 0 Å². The molecular weight excluding hydrogens is 347 g/mol. The lowest BCUT2D eigenvalue weighted by Crippen LogP contribution is -2.04. The molecule has 2 aromatic rings. The van der Waals surface area contributed by atoms with Crippen LogP contribution < -0.4 is 0 Å². The second-order valence-electron chi connectivity index (χ2n) is 4.71. The highest BCUT2D eigenvalue weighted by Crippen LogP contribution is 2.20. The molecule has 0 aliphatic carbocycles. The first-order chi connectivity index (χ1) is 9.13. The SMILES string of the molecule is CCCc1ccc(C(=O)c2cccc(C)c2I)cc1. The maximum atomic E-state index is 12.5. The first-order valence-corrected chi connectivity index (χ1v) is 7.60. The summed E-state index contributed by atoms with van der Waals surface area (Å²) in [6, 6.07) is 13.9. The summed E-state index contributed by atoms with van der Waals surface area (Å²) in [7, 11) is 0. The zero-order valence-electron chi connectivity index (χ0n) is 11.2. The van der Waals surface area contributed by atoms with Gasteiger partial charge in [-0.15, -0.1) is 0 Å². The van der Waals surface area contributed by atoms with Crippen molar-refractivity contribution >= 4 is 28.4 Å². The molecule has 0 amide bonds. The molecule has 98 valence electrons. The quantitative estimate of drug-likeness (QED) is 0.564. The number of carbonyl (C=O) groups is 1. The lowest BCUT2D eigenvalue weighted by molar-refractivity contribution is 0.103. The average Bonchev–Trinajstić information content (AvgIpc) is 2.42. The molecule has 2 heteroatoms. The highest BCUT2D eigenvalue weighted by atomic mass is 127. The molecular formula is C17H17IO. The predicted octanol–water partition coefficient (Wildman–Crippen LogP) is 4.78. The van der Waals surface area contributed by atoms with E-state index in [0.29, 0.717) is 0 Å². The number of carbonyl (C=O) groups excluding carboxylic acids is 1. The maximum Gasteiger partial charge on any atom is 0.194 e. The van der Waals surface area contributed by atoms with Crippen LogP contribution in [0.4, 0.5) is 0 Å². The monoisotopic (exact) mass is 364 g/mol. The largest absolute Gasteiger partial charge is 0.289 e. The molecule has 0 saturated carbocycles. The van der Waals surface area contributed by atoms with E-state index in [2.05, 4.69) is 41.6 Å². The Morgan fingerprint density at radius 1 is 1.11 bits per heavy atom. The molecule has 0 heterocycles. The number of aryl methyl sites for hydroxylation is 2. The van der Waals surface area contributed by atoms with Crippen molar-refractivity contribution < 1.29 is 4.79 Å². The van der Waals surface area contributed by atoms with Crippen molar-refractivity contribution in [2.75, 3.05) is 0 Å². The summed E-state index contributed by atoms with van der Waals surface area (Å²) in [6.07, 6.45) is 2.19. The fourth-order valence-corrected chi connectivity index (χ4v) is 2.69. The third-order valence-electron chi connectivity index (χ3n) is 3.19. The van der Waals surface area contributed by atoms with E-state index in [4.69, 9.17) is 0 Å². The van der Waals surface area contributed by atoms with E-state index in [1.807, 2.05) is 37.3 Å². The Bertz CT molecular complexity index is 585. The van der Waals surface area contributed by atoms with E-state index in [1.165, 1.54) is 5.56 Å². The van der Waals surface area contributed by atoms with E-state index in [-0.39, 0.29) is 5.78 Å². The molecule has 2 rings (SSSR count). The van der Waals surface area contributed by atoms with Gasteiger partial charge >= 0.3 is 0 Å². The topological polar surface area (TPSA) is 17.1 Å². The Labute approximate surface area is 128 Å². The number of benzene rings is 2. The minimum atomic E-state index is 0.108. The van der Waals surface area contributed by atoms with Crippen LogP contribution in [0.3, 0.4) is 0 Å². The Morgan fingerprint density at radius 2 is 1.79 bits per heavy atom. The smallest absolute Gasteiger partial charge is 0.194 e. The molecule has 0 aromatic heterocycles. The van der Waals surface area contributed by atoms with Gasteiger partial charge in [0.1, 0.15) is 0 Å². The second kappa shape index (κ2) is 6.33. The van der Waals surface area contributed by atoms with E-state index < -0.39 is 0 Å². The Morgan fingerprint density at radius 3 is 2.42 bits per heavy atom. The lowest BCUT2D eigenvalue weighted by atomic mass is 10.00. The van der Waals surface area contributed by atoms with E-state index >= 15 is 0 Å². The fraction of sp³-hybridized carbons (Fsp3) is 0.235. The molecule has 0 atom stereocenters. The van der Waals surface area contributed by atoms with Crippen LogP contribution in [0.2, 0.25) is 0 Å². The molecule has 0 fully saturated rings. The number of rotatable bonds is 4. The molecule has 0 N–H and O–H groups in total.